The fourth-order valence-electron chi connectivity index (χ4n) is 3.34. The minimum Gasteiger partial charge on any atom is -0.481 e. The standard InChI is InChI=1S/C22H41NO7/c1-2-3-4-5-6-7-8-9-10-11-12-13-14-15-18(23)30-20(26)17-22(29,21(27)28)16-19(24)25/h18,29H,2-17,23H2,1H3,(H,24,25)(H,27,28). The third-order valence-corrected chi connectivity index (χ3v) is 5.15. The molecular weight excluding hydrogens is 390 g/mol. The van der Waals surface area contributed by atoms with Gasteiger partial charge in [0.1, 0.15) is 0 Å². The topological polar surface area (TPSA) is 147 Å². The summed E-state index contributed by atoms with van der Waals surface area (Å²) in [7, 11) is 0. The number of carbonyl (C=O) groups is 3. The van der Waals surface area contributed by atoms with Gasteiger partial charge in [-0.15, -0.1) is 0 Å². The molecule has 8 heteroatoms. The summed E-state index contributed by atoms with van der Waals surface area (Å²) in [6, 6.07) is 0. The molecule has 0 saturated heterocycles. The molecular formula is C22H41NO7. The molecule has 0 heterocycles. The highest BCUT2D eigenvalue weighted by molar-refractivity contribution is 5.88. The van der Waals surface area contributed by atoms with Gasteiger partial charge in [0.05, 0.1) is 12.8 Å². The van der Waals surface area contributed by atoms with Gasteiger partial charge < -0.3 is 20.1 Å². The van der Waals surface area contributed by atoms with Crippen LogP contribution in [0, 0.1) is 0 Å². The lowest BCUT2D eigenvalue weighted by molar-refractivity contribution is -0.173. The van der Waals surface area contributed by atoms with Gasteiger partial charge in [-0.2, -0.15) is 0 Å². The molecule has 0 bridgehead atoms. The first-order chi connectivity index (χ1) is 14.2. The molecule has 2 atom stereocenters. The number of esters is 1. The monoisotopic (exact) mass is 431 g/mol. The van der Waals surface area contributed by atoms with Gasteiger partial charge >= 0.3 is 17.9 Å². The Kier molecular flexibility index (Phi) is 16.1. The van der Waals surface area contributed by atoms with E-state index in [1.165, 1.54) is 64.2 Å². The molecule has 0 amide bonds. The second-order valence-electron chi connectivity index (χ2n) is 8.14. The molecule has 0 aromatic carbocycles. The van der Waals surface area contributed by atoms with Crippen molar-refractivity contribution in [3.05, 3.63) is 0 Å². The molecule has 2 unspecified atom stereocenters. The van der Waals surface area contributed by atoms with Gasteiger partial charge in [0, 0.05) is 0 Å². The van der Waals surface area contributed by atoms with Crippen molar-refractivity contribution in [1.29, 1.82) is 0 Å². The van der Waals surface area contributed by atoms with E-state index in [0.29, 0.717) is 6.42 Å². The summed E-state index contributed by atoms with van der Waals surface area (Å²) in [4.78, 5) is 33.5. The van der Waals surface area contributed by atoms with Crippen LogP contribution in [0.2, 0.25) is 0 Å². The van der Waals surface area contributed by atoms with E-state index in [9.17, 15) is 19.5 Å². The lowest BCUT2D eigenvalue weighted by Crippen LogP contribution is -2.44. The maximum atomic E-state index is 11.8. The van der Waals surface area contributed by atoms with Crippen LogP contribution < -0.4 is 5.73 Å². The maximum absolute atomic E-state index is 11.8. The molecule has 0 radical (unpaired) electrons. The smallest absolute Gasteiger partial charge is 0.336 e. The van der Waals surface area contributed by atoms with E-state index < -0.39 is 42.6 Å². The summed E-state index contributed by atoms with van der Waals surface area (Å²) >= 11 is 0. The molecule has 0 aromatic rings. The number of carbonyl (C=O) groups excluding carboxylic acids is 1. The van der Waals surface area contributed by atoms with E-state index in [4.69, 9.17) is 20.7 Å². The Balaban J connectivity index is 3.73. The van der Waals surface area contributed by atoms with Crippen molar-refractivity contribution in [2.24, 2.45) is 5.73 Å². The largest absolute Gasteiger partial charge is 0.481 e. The molecule has 0 aliphatic rings. The van der Waals surface area contributed by atoms with E-state index >= 15 is 0 Å². The lowest BCUT2D eigenvalue weighted by Gasteiger charge is -2.21. The van der Waals surface area contributed by atoms with Crippen molar-refractivity contribution in [3.8, 4) is 0 Å². The molecule has 5 N–H and O–H groups in total. The van der Waals surface area contributed by atoms with E-state index in [-0.39, 0.29) is 0 Å². The van der Waals surface area contributed by atoms with Gasteiger partial charge in [-0.25, -0.2) is 4.79 Å². The second kappa shape index (κ2) is 17.1. The van der Waals surface area contributed by atoms with Crippen molar-refractivity contribution in [2.75, 3.05) is 0 Å². The molecule has 0 aliphatic heterocycles. The average molecular weight is 432 g/mol. The normalized spacial score (nSPS) is 14.1. The highest BCUT2D eigenvalue weighted by atomic mass is 16.6. The summed E-state index contributed by atoms with van der Waals surface area (Å²) in [6.45, 7) is 2.23. The Labute approximate surface area is 180 Å². The van der Waals surface area contributed by atoms with Gasteiger partial charge in [0.25, 0.3) is 0 Å². The lowest BCUT2D eigenvalue weighted by atomic mass is 9.96. The number of hydrogen-bond acceptors (Lipinski definition) is 6. The molecule has 176 valence electrons. The zero-order valence-corrected chi connectivity index (χ0v) is 18.4. The summed E-state index contributed by atoms with van der Waals surface area (Å²) in [5.74, 6) is -4.33. The molecule has 0 spiro atoms. The molecule has 8 nitrogen and oxygen atoms in total. The fraction of sp³-hybridized carbons (Fsp3) is 0.864. The first kappa shape index (κ1) is 28.3. The minimum atomic E-state index is -2.70. The minimum absolute atomic E-state index is 0.438. The van der Waals surface area contributed by atoms with Gasteiger partial charge in [0.15, 0.2) is 11.8 Å². The zero-order valence-electron chi connectivity index (χ0n) is 18.4. The van der Waals surface area contributed by atoms with E-state index in [1.54, 1.807) is 0 Å². The van der Waals surface area contributed by atoms with Crippen molar-refractivity contribution in [1.82, 2.24) is 0 Å². The highest BCUT2D eigenvalue weighted by Gasteiger charge is 2.41. The molecule has 30 heavy (non-hydrogen) atoms. The van der Waals surface area contributed by atoms with Crippen LogP contribution in [0.1, 0.15) is 110 Å². The number of carboxylic acids is 2. The maximum Gasteiger partial charge on any atom is 0.336 e. The molecule has 0 saturated carbocycles. The van der Waals surface area contributed by atoms with Crippen LogP contribution in [0.5, 0.6) is 0 Å². The van der Waals surface area contributed by atoms with Crippen LogP contribution in [0.25, 0.3) is 0 Å². The fourth-order valence-corrected chi connectivity index (χ4v) is 3.34. The number of unbranched alkanes of at least 4 members (excludes halogenated alkanes) is 12. The number of carboxylic acid groups (broad SMARTS) is 2. The predicted molar refractivity (Wildman–Crippen MR) is 114 cm³/mol. The summed E-state index contributed by atoms with van der Waals surface area (Å²) in [5.41, 5.74) is 3.03. The first-order valence-corrected chi connectivity index (χ1v) is 11.3. The summed E-state index contributed by atoms with van der Waals surface area (Å²) < 4.78 is 4.91. The Morgan fingerprint density at radius 2 is 1.23 bits per heavy atom. The summed E-state index contributed by atoms with van der Waals surface area (Å²) in [5, 5.41) is 27.4. The number of rotatable bonds is 20. The number of nitrogens with two attached hydrogens (primary N) is 1. The van der Waals surface area contributed by atoms with Crippen molar-refractivity contribution in [3.63, 3.8) is 0 Å². The van der Waals surface area contributed by atoms with E-state index in [1.807, 2.05) is 0 Å². The molecule has 0 aromatic heterocycles. The molecule has 0 fully saturated rings. The van der Waals surface area contributed by atoms with Crippen molar-refractivity contribution < 1.29 is 34.4 Å². The third kappa shape index (κ3) is 15.2. The van der Waals surface area contributed by atoms with Gasteiger partial charge in [-0.05, 0) is 12.8 Å². The quantitative estimate of drug-likeness (QED) is 0.129. The SMILES string of the molecule is CCCCCCCCCCCCCCCC(N)OC(=O)CC(O)(CC(=O)O)C(=O)O. The number of ether oxygens (including phenoxy) is 1. The van der Waals surface area contributed by atoms with Crippen LogP contribution in [-0.2, 0) is 19.1 Å². The number of aliphatic carboxylic acids is 2. The Morgan fingerprint density at radius 3 is 1.63 bits per heavy atom. The average Bonchev–Trinajstić information content (AvgIpc) is 2.64. The van der Waals surface area contributed by atoms with Crippen LogP contribution in [-0.4, -0.2) is 45.1 Å². The van der Waals surface area contributed by atoms with Gasteiger partial charge in [0.2, 0.25) is 0 Å². The van der Waals surface area contributed by atoms with Crippen LogP contribution in [0.3, 0.4) is 0 Å². The van der Waals surface area contributed by atoms with Crippen LogP contribution in [0.4, 0.5) is 0 Å². The van der Waals surface area contributed by atoms with E-state index in [2.05, 4.69) is 6.92 Å². The molecule has 0 rings (SSSR count). The van der Waals surface area contributed by atoms with Crippen LogP contribution in [0.15, 0.2) is 0 Å². The Bertz CT molecular complexity index is 498. The molecule has 0 aliphatic carbocycles. The highest BCUT2D eigenvalue weighted by Crippen LogP contribution is 2.18. The van der Waals surface area contributed by atoms with E-state index in [0.717, 1.165) is 19.3 Å². The predicted octanol–water partition coefficient (Wildman–Crippen LogP) is 3.98. The Hall–Kier alpha value is -1.67. The third-order valence-electron chi connectivity index (χ3n) is 5.15. The number of aliphatic hydroxyl groups is 1. The first-order valence-electron chi connectivity index (χ1n) is 11.3. The summed E-state index contributed by atoms with van der Waals surface area (Å²) in [6.07, 6.45) is 13.3. The zero-order chi connectivity index (χ0) is 22.8. The van der Waals surface area contributed by atoms with Crippen molar-refractivity contribution in [2.45, 2.75) is 121 Å². The van der Waals surface area contributed by atoms with Gasteiger partial charge in [-0.1, -0.05) is 84.0 Å². The van der Waals surface area contributed by atoms with Gasteiger partial charge in [-0.3, -0.25) is 15.3 Å². The second-order valence-corrected chi connectivity index (χ2v) is 8.14. The Morgan fingerprint density at radius 1 is 0.800 bits per heavy atom. The van der Waals surface area contributed by atoms with Crippen LogP contribution >= 0.6 is 0 Å². The van der Waals surface area contributed by atoms with Crippen molar-refractivity contribution >= 4 is 17.9 Å². The number of hydrogen-bond donors (Lipinski definition) is 4.